The van der Waals surface area contributed by atoms with Gasteiger partial charge in [-0.15, -0.1) is 0 Å². The standard InChI is InChI=1S/C10H16N4OS/c1-3-13(2)8(15)6-14-9(7-4-5-7)11-12-10(14)16/h7H,3-6H2,1-2H3,(H,12,16). The third kappa shape index (κ3) is 2.16. The van der Waals surface area contributed by atoms with Crippen molar-refractivity contribution in [2.24, 2.45) is 0 Å². The SMILES string of the molecule is CCN(C)C(=O)Cn1c(C2CC2)n[nH]c1=S. The van der Waals surface area contributed by atoms with Crippen LogP contribution in [-0.2, 0) is 11.3 Å². The molecule has 0 aromatic carbocycles. The first-order valence-corrected chi connectivity index (χ1v) is 5.93. The zero-order valence-corrected chi connectivity index (χ0v) is 10.4. The monoisotopic (exact) mass is 240 g/mol. The number of hydrogen-bond donors (Lipinski definition) is 1. The molecular formula is C10H16N4OS. The maximum absolute atomic E-state index is 11.8. The van der Waals surface area contributed by atoms with Gasteiger partial charge in [0.1, 0.15) is 12.4 Å². The molecule has 1 N–H and O–H groups in total. The molecule has 0 unspecified atom stereocenters. The highest BCUT2D eigenvalue weighted by molar-refractivity contribution is 7.71. The van der Waals surface area contributed by atoms with Crippen molar-refractivity contribution < 1.29 is 4.79 Å². The van der Waals surface area contributed by atoms with Gasteiger partial charge in [0.25, 0.3) is 0 Å². The van der Waals surface area contributed by atoms with Crippen molar-refractivity contribution in [1.82, 2.24) is 19.7 Å². The molecule has 5 nitrogen and oxygen atoms in total. The first-order valence-electron chi connectivity index (χ1n) is 5.52. The fraction of sp³-hybridized carbons (Fsp3) is 0.700. The molecule has 1 aliphatic rings. The van der Waals surface area contributed by atoms with Crippen LogP contribution in [0.25, 0.3) is 0 Å². The average Bonchev–Trinajstić information content (AvgIpc) is 3.05. The lowest BCUT2D eigenvalue weighted by Crippen LogP contribution is -2.30. The van der Waals surface area contributed by atoms with Gasteiger partial charge >= 0.3 is 0 Å². The normalized spacial score (nSPS) is 15.1. The average molecular weight is 240 g/mol. The largest absolute Gasteiger partial charge is 0.344 e. The van der Waals surface area contributed by atoms with Crippen LogP contribution in [0.4, 0.5) is 0 Å². The molecule has 0 spiro atoms. The molecule has 1 fully saturated rings. The smallest absolute Gasteiger partial charge is 0.242 e. The lowest BCUT2D eigenvalue weighted by Gasteiger charge is -2.15. The Morgan fingerprint density at radius 2 is 2.38 bits per heavy atom. The van der Waals surface area contributed by atoms with Crippen LogP contribution in [0.1, 0.15) is 31.5 Å². The number of nitrogens with zero attached hydrogens (tertiary/aromatic N) is 3. The predicted octanol–water partition coefficient (Wildman–Crippen LogP) is 1.30. The summed E-state index contributed by atoms with van der Waals surface area (Å²) in [6.07, 6.45) is 2.30. The van der Waals surface area contributed by atoms with E-state index in [9.17, 15) is 4.79 Å². The Bertz CT molecular complexity index is 446. The van der Waals surface area contributed by atoms with Gasteiger partial charge in [0.05, 0.1) is 0 Å². The van der Waals surface area contributed by atoms with E-state index < -0.39 is 0 Å². The fourth-order valence-electron chi connectivity index (χ4n) is 1.57. The van der Waals surface area contributed by atoms with Gasteiger partial charge in [0, 0.05) is 19.5 Å². The Hall–Kier alpha value is -1.17. The molecule has 1 heterocycles. The summed E-state index contributed by atoms with van der Waals surface area (Å²) in [5, 5.41) is 6.96. The number of likely N-dealkylation sites (N-methyl/N-ethyl adjacent to an activating group) is 1. The van der Waals surface area contributed by atoms with Gasteiger partial charge < -0.3 is 4.90 Å². The minimum atomic E-state index is 0.0712. The zero-order valence-electron chi connectivity index (χ0n) is 9.56. The van der Waals surface area contributed by atoms with E-state index in [1.54, 1.807) is 11.9 Å². The lowest BCUT2D eigenvalue weighted by molar-refractivity contribution is -0.130. The maximum atomic E-state index is 11.8. The highest BCUT2D eigenvalue weighted by atomic mass is 32.1. The Balaban J connectivity index is 2.17. The quantitative estimate of drug-likeness (QED) is 0.807. The van der Waals surface area contributed by atoms with Crippen LogP contribution in [0.2, 0.25) is 0 Å². The van der Waals surface area contributed by atoms with Gasteiger partial charge in [-0.2, -0.15) is 5.10 Å². The topological polar surface area (TPSA) is 53.9 Å². The highest BCUT2D eigenvalue weighted by Crippen LogP contribution is 2.38. The molecule has 16 heavy (non-hydrogen) atoms. The summed E-state index contributed by atoms with van der Waals surface area (Å²) >= 11 is 5.14. The van der Waals surface area contributed by atoms with E-state index in [4.69, 9.17) is 12.2 Å². The number of H-pyrrole nitrogens is 1. The zero-order chi connectivity index (χ0) is 11.7. The minimum Gasteiger partial charge on any atom is -0.344 e. The van der Waals surface area contributed by atoms with Gasteiger partial charge in [-0.3, -0.25) is 14.5 Å². The van der Waals surface area contributed by atoms with Crippen molar-refractivity contribution in [1.29, 1.82) is 0 Å². The van der Waals surface area contributed by atoms with Gasteiger partial charge in [-0.05, 0) is 32.0 Å². The number of hydrogen-bond acceptors (Lipinski definition) is 3. The van der Waals surface area contributed by atoms with Crippen molar-refractivity contribution in [2.45, 2.75) is 32.2 Å². The third-order valence-electron chi connectivity index (χ3n) is 2.92. The summed E-state index contributed by atoms with van der Waals surface area (Å²) in [7, 11) is 1.79. The Morgan fingerprint density at radius 1 is 1.69 bits per heavy atom. The molecule has 0 radical (unpaired) electrons. The van der Waals surface area contributed by atoms with E-state index in [-0.39, 0.29) is 5.91 Å². The van der Waals surface area contributed by atoms with E-state index in [0.29, 0.717) is 23.8 Å². The van der Waals surface area contributed by atoms with Crippen molar-refractivity contribution in [3.05, 3.63) is 10.6 Å². The van der Waals surface area contributed by atoms with Crippen molar-refractivity contribution in [2.75, 3.05) is 13.6 Å². The van der Waals surface area contributed by atoms with Crippen LogP contribution in [0, 0.1) is 4.77 Å². The summed E-state index contributed by atoms with van der Waals surface area (Å²) in [6.45, 7) is 2.96. The van der Waals surface area contributed by atoms with Gasteiger partial charge in [0.2, 0.25) is 5.91 Å². The molecule has 1 aromatic rings. The molecule has 1 saturated carbocycles. The predicted molar refractivity (Wildman–Crippen MR) is 62.7 cm³/mol. The maximum Gasteiger partial charge on any atom is 0.242 e. The van der Waals surface area contributed by atoms with Crippen LogP contribution >= 0.6 is 12.2 Å². The molecule has 0 atom stereocenters. The summed E-state index contributed by atoms with van der Waals surface area (Å²) in [4.78, 5) is 13.5. The van der Waals surface area contributed by atoms with Crippen molar-refractivity contribution in [3.63, 3.8) is 0 Å². The Morgan fingerprint density at radius 3 is 2.94 bits per heavy atom. The molecule has 0 bridgehead atoms. The van der Waals surface area contributed by atoms with E-state index in [0.717, 1.165) is 18.7 Å². The van der Waals surface area contributed by atoms with Crippen LogP contribution in [0.15, 0.2) is 0 Å². The molecule has 88 valence electrons. The highest BCUT2D eigenvalue weighted by Gasteiger charge is 2.29. The second kappa shape index (κ2) is 4.37. The van der Waals surface area contributed by atoms with E-state index in [1.807, 2.05) is 11.5 Å². The van der Waals surface area contributed by atoms with Gasteiger partial charge in [0.15, 0.2) is 4.77 Å². The third-order valence-corrected chi connectivity index (χ3v) is 3.24. The van der Waals surface area contributed by atoms with E-state index in [1.165, 1.54) is 0 Å². The van der Waals surface area contributed by atoms with Crippen LogP contribution in [-0.4, -0.2) is 39.2 Å². The fourth-order valence-corrected chi connectivity index (χ4v) is 1.77. The summed E-state index contributed by atoms with van der Waals surface area (Å²) in [6, 6.07) is 0. The van der Waals surface area contributed by atoms with Crippen LogP contribution in [0.3, 0.4) is 0 Å². The van der Waals surface area contributed by atoms with E-state index in [2.05, 4.69) is 10.2 Å². The molecule has 1 aromatic heterocycles. The van der Waals surface area contributed by atoms with Crippen molar-refractivity contribution >= 4 is 18.1 Å². The first-order chi connectivity index (χ1) is 7.63. The van der Waals surface area contributed by atoms with Gasteiger partial charge in [-0.1, -0.05) is 0 Å². The summed E-state index contributed by atoms with van der Waals surface area (Å²) in [5.41, 5.74) is 0. The molecular weight excluding hydrogens is 224 g/mol. The molecule has 1 amide bonds. The number of aromatic nitrogens is 3. The number of amides is 1. The second-order valence-electron chi connectivity index (χ2n) is 4.16. The molecule has 0 aliphatic heterocycles. The molecule has 0 saturated heterocycles. The molecule has 1 aliphatic carbocycles. The second-order valence-corrected chi connectivity index (χ2v) is 4.54. The first kappa shape index (κ1) is 11.3. The van der Waals surface area contributed by atoms with Crippen molar-refractivity contribution in [3.8, 4) is 0 Å². The van der Waals surface area contributed by atoms with Crippen LogP contribution < -0.4 is 0 Å². The summed E-state index contributed by atoms with van der Waals surface area (Å²) < 4.78 is 2.36. The van der Waals surface area contributed by atoms with Crippen LogP contribution in [0.5, 0.6) is 0 Å². The Kier molecular flexibility index (Phi) is 3.09. The number of rotatable bonds is 4. The van der Waals surface area contributed by atoms with E-state index >= 15 is 0 Å². The number of carbonyl (C=O) groups excluding carboxylic acids is 1. The number of nitrogens with one attached hydrogen (secondary N) is 1. The van der Waals surface area contributed by atoms with Gasteiger partial charge in [-0.25, -0.2) is 0 Å². The lowest BCUT2D eigenvalue weighted by atomic mass is 10.4. The number of aromatic amines is 1. The molecule has 2 rings (SSSR count). The minimum absolute atomic E-state index is 0.0712. The summed E-state index contributed by atoms with van der Waals surface area (Å²) in [5.74, 6) is 1.50. The number of carbonyl (C=O) groups is 1. The Labute approximate surface area is 99.5 Å². The molecule has 6 heteroatoms.